The molecule has 6 nitrogen and oxygen atoms in total. The van der Waals surface area contributed by atoms with Gasteiger partial charge in [0.15, 0.2) is 0 Å². The molecule has 3 aromatic rings. The molecule has 6 heteroatoms. The number of pyridine rings is 1. The second-order valence-electron chi connectivity index (χ2n) is 5.90. The highest BCUT2D eigenvalue weighted by Gasteiger charge is 2.07. The highest BCUT2D eigenvalue weighted by molar-refractivity contribution is 5.75. The molecule has 0 saturated carbocycles. The first-order valence-corrected chi connectivity index (χ1v) is 8.51. The standard InChI is InChI=1S/C20H20N4O2/c25-19(22-13-4-8-16-6-2-1-3-7-16)15-24-20(26)11-10-18(23-24)17-9-5-12-21-14-17/h1-3,5-7,9-12,14H,4,8,13,15H2,(H,22,25). The largest absolute Gasteiger partial charge is 0.354 e. The monoisotopic (exact) mass is 348 g/mol. The molecule has 0 atom stereocenters. The Labute approximate surface area is 151 Å². The third-order valence-corrected chi connectivity index (χ3v) is 3.92. The molecule has 2 aromatic heterocycles. The Balaban J connectivity index is 1.54. The highest BCUT2D eigenvalue weighted by Crippen LogP contribution is 2.12. The Kier molecular flexibility index (Phi) is 5.88. The molecular formula is C20H20N4O2. The summed E-state index contributed by atoms with van der Waals surface area (Å²) in [5, 5.41) is 7.10. The van der Waals surface area contributed by atoms with Crippen LogP contribution in [-0.4, -0.2) is 27.2 Å². The van der Waals surface area contributed by atoms with Crippen LogP contribution in [0, 0.1) is 0 Å². The molecule has 1 aromatic carbocycles. The predicted molar refractivity (Wildman–Crippen MR) is 99.5 cm³/mol. The third-order valence-electron chi connectivity index (χ3n) is 3.92. The lowest BCUT2D eigenvalue weighted by atomic mass is 10.1. The second kappa shape index (κ2) is 8.71. The van der Waals surface area contributed by atoms with E-state index in [-0.39, 0.29) is 18.0 Å². The fourth-order valence-corrected chi connectivity index (χ4v) is 2.59. The van der Waals surface area contributed by atoms with Gasteiger partial charge in [-0.3, -0.25) is 14.6 Å². The summed E-state index contributed by atoms with van der Waals surface area (Å²) in [5.74, 6) is -0.226. The number of hydrogen-bond acceptors (Lipinski definition) is 4. The molecule has 3 rings (SSSR count). The summed E-state index contributed by atoms with van der Waals surface area (Å²) in [7, 11) is 0. The topological polar surface area (TPSA) is 76.9 Å². The van der Waals surface area contributed by atoms with Crippen molar-refractivity contribution in [3.8, 4) is 11.3 Å². The quantitative estimate of drug-likeness (QED) is 0.663. The summed E-state index contributed by atoms with van der Waals surface area (Å²) in [6, 6.07) is 16.8. The average molecular weight is 348 g/mol. The van der Waals surface area contributed by atoms with E-state index >= 15 is 0 Å². The lowest BCUT2D eigenvalue weighted by Gasteiger charge is -2.08. The number of aryl methyl sites for hydroxylation is 1. The summed E-state index contributed by atoms with van der Waals surface area (Å²) in [4.78, 5) is 28.1. The fraction of sp³-hybridized carbons (Fsp3) is 0.200. The molecule has 0 saturated heterocycles. The number of aromatic nitrogens is 3. The van der Waals surface area contributed by atoms with Gasteiger partial charge in [-0.05, 0) is 36.6 Å². The van der Waals surface area contributed by atoms with Crippen LogP contribution < -0.4 is 10.9 Å². The number of nitrogens with zero attached hydrogens (tertiary/aromatic N) is 3. The molecule has 0 aliphatic rings. The van der Waals surface area contributed by atoms with Crippen molar-refractivity contribution in [2.75, 3.05) is 6.54 Å². The van der Waals surface area contributed by atoms with Crippen molar-refractivity contribution >= 4 is 5.91 Å². The van der Waals surface area contributed by atoms with Crippen molar-refractivity contribution in [3.05, 3.63) is 82.9 Å². The van der Waals surface area contributed by atoms with Gasteiger partial charge in [0.2, 0.25) is 5.91 Å². The van der Waals surface area contributed by atoms with Crippen molar-refractivity contribution in [2.24, 2.45) is 0 Å². The van der Waals surface area contributed by atoms with E-state index in [2.05, 4.69) is 27.5 Å². The number of carbonyl (C=O) groups excluding carboxylic acids is 1. The molecule has 1 N–H and O–H groups in total. The van der Waals surface area contributed by atoms with Crippen LogP contribution in [-0.2, 0) is 17.8 Å². The molecule has 0 fully saturated rings. The zero-order valence-corrected chi connectivity index (χ0v) is 14.3. The molecule has 0 spiro atoms. The SMILES string of the molecule is O=C(Cn1nc(-c2cccnc2)ccc1=O)NCCCc1ccccc1. The maximum atomic E-state index is 12.1. The summed E-state index contributed by atoms with van der Waals surface area (Å²) in [6.07, 6.45) is 5.08. The Bertz CT molecular complexity index is 908. The van der Waals surface area contributed by atoms with E-state index in [0.29, 0.717) is 12.2 Å². The summed E-state index contributed by atoms with van der Waals surface area (Å²) in [5.41, 5.74) is 2.33. The van der Waals surface area contributed by atoms with Gasteiger partial charge in [-0.15, -0.1) is 0 Å². The lowest BCUT2D eigenvalue weighted by Crippen LogP contribution is -2.34. The Hall–Kier alpha value is -3.28. The molecule has 0 unspecified atom stereocenters. The van der Waals surface area contributed by atoms with Gasteiger partial charge >= 0.3 is 0 Å². The van der Waals surface area contributed by atoms with E-state index in [0.717, 1.165) is 18.4 Å². The molecule has 2 heterocycles. The number of hydrogen-bond donors (Lipinski definition) is 1. The fourth-order valence-electron chi connectivity index (χ4n) is 2.59. The highest BCUT2D eigenvalue weighted by atomic mass is 16.2. The van der Waals surface area contributed by atoms with E-state index in [1.807, 2.05) is 24.3 Å². The summed E-state index contributed by atoms with van der Waals surface area (Å²) >= 11 is 0. The lowest BCUT2D eigenvalue weighted by molar-refractivity contribution is -0.121. The van der Waals surface area contributed by atoms with Gasteiger partial charge in [0.05, 0.1) is 5.69 Å². The summed E-state index contributed by atoms with van der Waals surface area (Å²) in [6.45, 7) is 0.461. The Morgan fingerprint density at radius 2 is 1.88 bits per heavy atom. The molecule has 0 aliphatic heterocycles. The maximum Gasteiger partial charge on any atom is 0.267 e. The van der Waals surface area contributed by atoms with Crippen molar-refractivity contribution in [2.45, 2.75) is 19.4 Å². The van der Waals surface area contributed by atoms with Crippen LogP contribution in [0.5, 0.6) is 0 Å². The Morgan fingerprint density at radius 1 is 1.04 bits per heavy atom. The summed E-state index contributed by atoms with van der Waals surface area (Å²) < 4.78 is 1.18. The van der Waals surface area contributed by atoms with Crippen molar-refractivity contribution in [1.82, 2.24) is 20.1 Å². The van der Waals surface area contributed by atoms with E-state index in [1.54, 1.807) is 24.5 Å². The van der Waals surface area contributed by atoms with Gasteiger partial charge in [0.1, 0.15) is 6.54 Å². The van der Waals surface area contributed by atoms with Crippen molar-refractivity contribution in [1.29, 1.82) is 0 Å². The minimum absolute atomic E-state index is 0.0989. The zero-order valence-electron chi connectivity index (χ0n) is 14.3. The van der Waals surface area contributed by atoms with Gasteiger partial charge in [-0.25, -0.2) is 4.68 Å². The molecule has 26 heavy (non-hydrogen) atoms. The third kappa shape index (κ3) is 4.86. The first kappa shape index (κ1) is 17.5. The molecule has 0 aliphatic carbocycles. The minimum atomic E-state index is -0.308. The number of carbonyl (C=O) groups is 1. The minimum Gasteiger partial charge on any atom is -0.354 e. The number of nitrogens with one attached hydrogen (secondary N) is 1. The van der Waals surface area contributed by atoms with Crippen LogP contribution in [0.2, 0.25) is 0 Å². The molecule has 1 amide bonds. The van der Waals surface area contributed by atoms with Gasteiger partial charge < -0.3 is 5.32 Å². The second-order valence-corrected chi connectivity index (χ2v) is 5.90. The molecule has 0 bridgehead atoms. The normalized spacial score (nSPS) is 10.5. The van der Waals surface area contributed by atoms with Gasteiger partial charge in [0.25, 0.3) is 5.56 Å². The van der Waals surface area contributed by atoms with Gasteiger partial charge in [0, 0.05) is 30.6 Å². The van der Waals surface area contributed by atoms with Crippen LogP contribution in [0.15, 0.2) is 71.8 Å². The Morgan fingerprint density at radius 3 is 2.65 bits per heavy atom. The van der Waals surface area contributed by atoms with Crippen molar-refractivity contribution < 1.29 is 4.79 Å². The van der Waals surface area contributed by atoms with E-state index in [9.17, 15) is 9.59 Å². The first-order valence-electron chi connectivity index (χ1n) is 8.51. The van der Waals surface area contributed by atoms with E-state index in [4.69, 9.17) is 0 Å². The first-order chi connectivity index (χ1) is 12.7. The van der Waals surface area contributed by atoms with Crippen LogP contribution in [0.3, 0.4) is 0 Å². The van der Waals surface area contributed by atoms with Crippen molar-refractivity contribution in [3.63, 3.8) is 0 Å². The number of benzene rings is 1. The maximum absolute atomic E-state index is 12.1. The molecule has 132 valence electrons. The van der Waals surface area contributed by atoms with Gasteiger partial charge in [-0.2, -0.15) is 5.10 Å². The van der Waals surface area contributed by atoms with Crippen LogP contribution in [0.1, 0.15) is 12.0 Å². The van der Waals surface area contributed by atoms with Crippen LogP contribution in [0.4, 0.5) is 0 Å². The van der Waals surface area contributed by atoms with E-state index < -0.39 is 0 Å². The van der Waals surface area contributed by atoms with Gasteiger partial charge in [-0.1, -0.05) is 30.3 Å². The smallest absolute Gasteiger partial charge is 0.267 e. The number of rotatable bonds is 7. The molecule has 0 radical (unpaired) electrons. The van der Waals surface area contributed by atoms with Crippen LogP contribution >= 0.6 is 0 Å². The molecular weight excluding hydrogens is 328 g/mol. The van der Waals surface area contributed by atoms with Crippen LogP contribution in [0.25, 0.3) is 11.3 Å². The average Bonchev–Trinajstić information content (AvgIpc) is 2.68. The van der Waals surface area contributed by atoms with E-state index in [1.165, 1.54) is 16.3 Å². The number of amides is 1. The zero-order chi connectivity index (χ0) is 18.2. The predicted octanol–water partition coefficient (Wildman–Crippen LogP) is 2.05.